The summed E-state index contributed by atoms with van der Waals surface area (Å²) in [5, 5.41) is 0.292. The monoisotopic (exact) mass is 445 g/mol. The minimum absolute atomic E-state index is 0.00954. The van der Waals surface area contributed by atoms with Crippen LogP contribution in [0.4, 0.5) is 4.39 Å². The number of ketones is 1. The summed E-state index contributed by atoms with van der Waals surface area (Å²) in [7, 11) is 2.98. The number of nitrogens with zero attached hydrogens (tertiary/aromatic N) is 1. The SMILES string of the molecule is CCc1ccc(C(=O)c2cn(Cc3ccccc3F)c3cc(OC)c(OC)cc3c2=O)cc1. The van der Waals surface area contributed by atoms with Gasteiger partial charge in [0.15, 0.2) is 17.3 Å². The number of fused-ring (bicyclic) bond motifs is 1. The Kier molecular flexibility index (Phi) is 6.27. The third kappa shape index (κ3) is 4.24. The Labute approximate surface area is 191 Å². The van der Waals surface area contributed by atoms with Crippen LogP contribution < -0.4 is 14.9 Å². The van der Waals surface area contributed by atoms with Crippen LogP contribution in [0.3, 0.4) is 0 Å². The first-order valence-electron chi connectivity index (χ1n) is 10.6. The van der Waals surface area contributed by atoms with Crippen molar-refractivity contribution in [1.82, 2.24) is 4.57 Å². The lowest BCUT2D eigenvalue weighted by Gasteiger charge is -2.16. The largest absolute Gasteiger partial charge is 0.493 e. The highest BCUT2D eigenvalue weighted by molar-refractivity contribution is 6.10. The molecule has 5 nitrogen and oxygen atoms in total. The van der Waals surface area contributed by atoms with Crippen LogP contribution in [0, 0.1) is 5.82 Å². The van der Waals surface area contributed by atoms with Crippen molar-refractivity contribution < 1.29 is 18.7 Å². The molecule has 0 aliphatic rings. The molecule has 0 N–H and O–H groups in total. The molecule has 0 aliphatic heterocycles. The van der Waals surface area contributed by atoms with E-state index in [1.807, 2.05) is 19.1 Å². The standard InChI is InChI=1S/C27H24FNO4/c1-4-17-9-11-18(12-10-17)26(30)21-16-29(15-19-7-5-6-8-22(19)28)23-14-25(33-3)24(32-2)13-20(23)27(21)31/h5-14,16H,4,15H2,1-3H3. The molecule has 33 heavy (non-hydrogen) atoms. The maximum Gasteiger partial charge on any atom is 0.200 e. The number of carbonyl (C=O) groups excluding carboxylic acids is 1. The second-order valence-electron chi connectivity index (χ2n) is 7.70. The van der Waals surface area contributed by atoms with Crippen LogP contribution in [0.15, 0.2) is 71.7 Å². The number of hydrogen-bond acceptors (Lipinski definition) is 4. The van der Waals surface area contributed by atoms with Gasteiger partial charge in [-0.05, 0) is 24.1 Å². The Morgan fingerprint density at radius 1 is 0.970 bits per heavy atom. The molecule has 0 spiro atoms. The van der Waals surface area contributed by atoms with Crippen molar-refractivity contribution in [3.63, 3.8) is 0 Å². The number of rotatable bonds is 7. The lowest BCUT2D eigenvalue weighted by Crippen LogP contribution is -2.20. The molecule has 4 aromatic rings. The van der Waals surface area contributed by atoms with Gasteiger partial charge in [0.05, 0.1) is 37.2 Å². The summed E-state index contributed by atoms with van der Waals surface area (Å²) in [5.74, 6) is 0.0480. The molecule has 0 saturated carbocycles. The van der Waals surface area contributed by atoms with E-state index in [4.69, 9.17) is 9.47 Å². The first-order valence-corrected chi connectivity index (χ1v) is 10.6. The number of hydrogen-bond donors (Lipinski definition) is 0. The smallest absolute Gasteiger partial charge is 0.200 e. The summed E-state index contributed by atoms with van der Waals surface area (Å²) >= 11 is 0. The van der Waals surface area contributed by atoms with E-state index in [2.05, 4.69) is 0 Å². The summed E-state index contributed by atoms with van der Waals surface area (Å²) in [4.78, 5) is 26.7. The van der Waals surface area contributed by atoms with Crippen LogP contribution in [0.25, 0.3) is 10.9 Å². The average Bonchev–Trinajstić information content (AvgIpc) is 2.85. The van der Waals surface area contributed by atoms with Gasteiger partial charge in [-0.1, -0.05) is 49.4 Å². The van der Waals surface area contributed by atoms with E-state index in [0.29, 0.717) is 33.5 Å². The zero-order chi connectivity index (χ0) is 23.5. The van der Waals surface area contributed by atoms with Crippen LogP contribution in [0.2, 0.25) is 0 Å². The van der Waals surface area contributed by atoms with Crippen LogP contribution in [0.1, 0.15) is 34.0 Å². The predicted molar refractivity (Wildman–Crippen MR) is 126 cm³/mol. The number of ether oxygens (including phenoxy) is 2. The van der Waals surface area contributed by atoms with E-state index in [1.165, 1.54) is 26.5 Å². The van der Waals surface area contributed by atoms with Gasteiger partial charge < -0.3 is 14.0 Å². The number of halogens is 1. The van der Waals surface area contributed by atoms with Crippen LogP contribution in [-0.2, 0) is 13.0 Å². The van der Waals surface area contributed by atoms with Crippen LogP contribution in [-0.4, -0.2) is 24.6 Å². The van der Waals surface area contributed by atoms with Crippen molar-refractivity contribution in [2.24, 2.45) is 0 Å². The molecule has 3 aromatic carbocycles. The predicted octanol–water partition coefficient (Wildman–Crippen LogP) is 5.00. The van der Waals surface area contributed by atoms with Crippen molar-refractivity contribution in [1.29, 1.82) is 0 Å². The van der Waals surface area contributed by atoms with Gasteiger partial charge in [0.2, 0.25) is 5.43 Å². The Morgan fingerprint density at radius 2 is 1.64 bits per heavy atom. The number of aromatic nitrogens is 1. The van der Waals surface area contributed by atoms with Gasteiger partial charge in [0.1, 0.15) is 5.82 Å². The van der Waals surface area contributed by atoms with E-state index in [-0.39, 0.29) is 23.7 Å². The number of benzene rings is 3. The molecular formula is C27H24FNO4. The van der Waals surface area contributed by atoms with E-state index in [9.17, 15) is 14.0 Å². The number of aryl methyl sites for hydroxylation is 1. The fourth-order valence-corrected chi connectivity index (χ4v) is 3.87. The molecule has 4 rings (SSSR count). The fourth-order valence-electron chi connectivity index (χ4n) is 3.87. The molecule has 0 unspecified atom stereocenters. The number of methoxy groups -OCH3 is 2. The molecule has 0 bridgehead atoms. The quantitative estimate of drug-likeness (QED) is 0.376. The molecule has 168 valence electrons. The Balaban J connectivity index is 1.95. The maximum absolute atomic E-state index is 14.4. The maximum atomic E-state index is 14.4. The lowest BCUT2D eigenvalue weighted by atomic mass is 10.00. The van der Waals surface area contributed by atoms with Crippen molar-refractivity contribution in [3.05, 3.63) is 105 Å². The summed E-state index contributed by atoms with van der Waals surface area (Å²) in [6.07, 6.45) is 2.35. The third-order valence-corrected chi connectivity index (χ3v) is 5.75. The molecule has 0 atom stereocenters. The molecule has 0 aliphatic carbocycles. The molecule has 0 amide bonds. The topological polar surface area (TPSA) is 57.5 Å². The summed E-state index contributed by atoms with van der Waals surface area (Å²) in [6.45, 7) is 2.16. The van der Waals surface area contributed by atoms with Crippen molar-refractivity contribution in [3.8, 4) is 11.5 Å². The second kappa shape index (κ2) is 9.28. The zero-order valence-corrected chi connectivity index (χ0v) is 18.7. The van der Waals surface area contributed by atoms with E-state index in [1.54, 1.807) is 47.0 Å². The average molecular weight is 445 g/mol. The molecule has 6 heteroatoms. The number of carbonyl (C=O) groups is 1. The summed E-state index contributed by atoms with van der Waals surface area (Å²) in [6, 6.07) is 16.8. The Hall–Kier alpha value is -3.93. The van der Waals surface area contributed by atoms with Gasteiger partial charge >= 0.3 is 0 Å². The van der Waals surface area contributed by atoms with Crippen LogP contribution >= 0.6 is 0 Å². The van der Waals surface area contributed by atoms with Crippen LogP contribution in [0.5, 0.6) is 11.5 Å². The minimum atomic E-state index is -0.416. The molecule has 1 heterocycles. The van der Waals surface area contributed by atoms with Gasteiger partial charge in [-0.15, -0.1) is 0 Å². The first kappa shape index (κ1) is 22.3. The fraction of sp³-hybridized carbons (Fsp3) is 0.185. The molecule has 0 fully saturated rings. The zero-order valence-electron chi connectivity index (χ0n) is 18.7. The van der Waals surface area contributed by atoms with E-state index in [0.717, 1.165) is 12.0 Å². The van der Waals surface area contributed by atoms with Crippen molar-refractivity contribution in [2.45, 2.75) is 19.9 Å². The normalized spacial score (nSPS) is 10.9. The molecular weight excluding hydrogens is 421 g/mol. The molecule has 0 radical (unpaired) electrons. The van der Waals surface area contributed by atoms with E-state index < -0.39 is 5.43 Å². The third-order valence-electron chi connectivity index (χ3n) is 5.75. The van der Waals surface area contributed by atoms with E-state index >= 15 is 0 Å². The highest BCUT2D eigenvalue weighted by Crippen LogP contribution is 2.31. The second-order valence-corrected chi connectivity index (χ2v) is 7.70. The Morgan fingerprint density at radius 3 is 2.27 bits per heavy atom. The van der Waals surface area contributed by atoms with Gasteiger partial charge in [0.25, 0.3) is 0 Å². The Bertz CT molecular complexity index is 1390. The molecule has 1 aromatic heterocycles. The highest BCUT2D eigenvalue weighted by Gasteiger charge is 2.20. The summed E-state index contributed by atoms with van der Waals surface area (Å²) in [5.41, 5.74) is 2.05. The lowest BCUT2D eigenvalue weighted by molar-refractivity contribution is 0.103. The van der Waals surface area contributed by atoms with Gasteiger partial charge in [-0.2, -0.15) is 0 Å². The van der Waals surface area contributed by atoms with Gasteiger partial charge in [-0.3, -0.25) is 9.59 Å². The first-order chi connectivity index (χ1) is 16.0. The van der Waals surface area contributed by atoms with Gasteiger partial charge in [0, 0.05) is 23.4 Å². The summed E-state index contributed by atoms with van der Waals surface area (Å²) < 4.78 is 26.9. The van der Waals surface area contributed by atoms with Crippen molar-refractivity contribution in [2.75, 3.05) is 14.2 Å². The molecule has 0 saturated heterocycles. The van der Waals surface area contributed by atoms with Gasteiger partial charge in [-0.25, -0.2) is 4.39 Å². The van der Waals surface area contributed by atoms with Crippen molar-refractivity contribution >= 4 is 16.7 Å². The minimum Gasteiger partial charge on any atom is -0.493 e. The number of pyridine rings is 1. The highest BCUT2D eigenvalue weighted by atomic mass is 19.1.